The fourth-order valence-electron chi connectivity index (χ4n) is 1.52. The zero-order valence-corrected chi connectivity index (χ0v) is 10.4. The molecular weight excluding hydrogens is 234 g/mol. The lowest BCUT2D eigenvalue weighted by Crippen LogP contribution is -2.33. The molecule has 15 heavy (non-hydrogen) atoms. The van der Waals surface area contributed by atoms with Gasteiger partial charge < -0.3 is 5.11 Å². The molecule has 90 valence electrons. The van der Waals surface area contributed by atoms with Crippen molar-refractivity contribution in [3.8, 4) is 0 Å². The summed E-state index contributed by atoms with van der Waals surface area (Å²) in [4.78, 5) is 0. The van der Waals surface area contributed by atoms with Crippen LogP contribution in [0.4, 0.5) is 0 Å². The summed E-state index contributed by atoms with van der Waals surface area (Å²) in [7, 11) is -3.17. The molecule has 1 atom stereocenters. The Morgan fingerprint density at radius 3 is 2.80 bits per heavy atom. The highest BCUT2D eigenvalue weighted by molar-refractivity contribution is 8.00. The first-order chi connectivity index (χ1) is 7.14. The number of hydrogen-bond donors (Lipinski definition) is 2. The summed E-state index contributed by atoms with van der Waals surface area (Å²) < 4.78 is 25.4. The van der Waals surface area contributed by atoms with Crippen molar-refractivity contribution in [3.63, 3.8) is 0 Å². The summed E-state index contributed by atoms with van der Waals surface area (Å²) in [6.07, 6.45) is 3.87. The molecule has 0 aromatic carbocycles. The molecule has 4 nitrogen and oxygen atoms in total. The predicted molar refractivity (Wildman–Crippen MR) is 63.6 cm³/mol. The van der Waals surface area contributed by atoms with Gasteiger partial charge in [-0.25, -0.2) is 13.1 Å². The van der Waals surface area contributed by atoms with Crippen LogP contribution in [0.1, 0.15) is 25.7 Å². The van der Waals surface area contributed by atoms with Crippen LogP contribution >= 0.6 is 11.8 Å². The number of hydrogen-bond acceptors (Lipinski definition) is 4. The van der Waals surface area contributed by atoms with Crippen LogP contribution in [0, 0.1) is 0 Å². The first-order valence-corrected chi connectivity index (χ1v) is 8.04. The zero-order chi connectivity index (χ0) is 11.1. The van der Waals surface area contributed by atoms with Crippen LogP contribution in [-0.2, 0) is 10.0 Å². The Hall–Kier alpha value is 0.220. The van der Waals surface area contributed by atoms with Gasteiger partial charge in [0.1, 0.15) is 0 Å². The molecule has 1 unspecified atom stereocenters. The molecule has 1 heterocycles. The number of aliphatic hydroxyl groups excluding tert-OH is 1. The van der Waals surface area contributed by atoms with E-state index in [1.807, 2.05) is 11.8 Å². The minimum absolute atomic E-state index is 0.0287. The van der Waals surface area contributed by atoms with E-state index in [1.165, 1.54) is 12.8 Å². The first kappa shape index (κ1) is 13.3. The first-order valence-electron chi connectivity index (χ1n) is 5.34. The van der Waals surface area contributed by atoms with Gasteiger partial charge in [-0.2, -0.15) is 11.8 Å². The quantitative estimate of drug-likeness (QED) is 0.726. The van der Waals surface area contributed by atoms with Gasteiger partial charge in [-0.05, 0) is 25.0 Å². The van der Waals surface area contributed by atoms with Crippen LogP contribution in [-0.4, -0.2) is 43.4 Å². The molecule has 1 fully saturated rings. The Bertz CT molecular complexity index is 261. The zero-order valence-electron chi connectivity index (χ0n) is 8.81. The Kier molecular flexibility index (Phi) is 5.96. The fraction of sp³-hybridized carbons (Fsp3) is 1.00. The van der Waals surface area contributed by atoms with Crippen molar-refractivity contribution in [3.05, 3.63) is 0 Å². The van der Waals surface area contributed by atoms with Gasteiger partial charge in [0.15, 0.2) is 0 Å². The highest BCUT2D eigenvalue weighted by atomic mass is 32.2. The lowest BCUT2D eigenvalue weighted by atomic mass is 10.2. The molecule has 1 aliphatic heterocycles. The molecule has 6 heteroatoms. The lowest BCUT2D eigenvalue weighted by Gasteiger charge is -2.21. The van der Waals surface area contributed by atoms with E-state index in [4.69, 9.17) is 5.11 Å². The van der Waals surface area contributed by atoms with Crippen molar-refractivity contribution in [2.75, 3.05) is 24.7 Å². The standard InChI is InChI=1S/C9H19NO3S2/c11-5-3-7-15(12,13)10-8-9-4-1-2-6-14-9/h9-11H,1-8H2. The molecule has 0 spiro atoms. The highest BCUT2D eigenvalue weighted by Crippen LogP contribution is 2.24. The van der Waals surface area contributed by atoms with Gasteiger partial charge in [-0.3, -0.25) is 0 Å². The number of aliphatic hydroxyl groups is 1. The summed E-state index contributed by atoms with van der Waals surface area (Å²) in [5, 5.41) is 8.98. The second-order valence-corrected chi connectivity index (χ2v) is 7.07. The average Bonchev–Trinajstić information content (AvgIpc) is 2.25. The van der Waals surface area contributed by atoms with Gasteiger partial charge in [0.25, 0.3) is 0 Å². The largest absolute Gasteiger partial charge is 0.396 e. The van der Waals surface area contributed by atoms with Crippen molar-refractivity contribution in [1.29, 1.82) is 0 Å². The molecule has 0 bridgehead atoms. The Morgan fingerprint density at radius 2 is 2.20 bits per heavy atom. The third-order valence-electron chi connectivity index (χ3n) is 2.38. The van der Waals surface area contributed by atoms with Gasteiger partial charge >= 0.3 is 0 Å². The van der Waals surface area contributed by atoms with Crippen molar-refractivity contribution < 1.29 is 13.5 Å². The maximum atomic E-state index is 11.4. The fourth-order valence-corrected chi connectivity index (χ4v) is 3.97. The maximum Gasteiger partial charge on any atom is 0.211 e. The Labute approximate surface area is 95.9 Å². The Morgan fingerprint density at radius 1 is 1.40 bits per heavy atom. The van der Waals surface area contributed by atoms with Gasteiger partial charge in [-0.15, -0.1) is 0 Å². The van der Waals surface area contributed by atoms with Crippen molar-refractivity contribution in [2.45, 2.75) is 30.9 Å². The van der Waals surface area contributed by atoms with Crippen molar-refractivity contribution in [2.24, 2.45) is 0 Å². The second kappa shape index (κ2) is 6.73. The summed E-state index contributed by atoms with van der Waals surface area (Å²) in [5.41, 5.74) is 0. The molecule has 0 radical (unpaired) electrons. The van der Waals surface area contributed by atoms with E-state index in [-0.39, 0.29) is 12.4 Å². The van der Waals surface area contributed by atoms with E-state index in [0.29, 0.717) is 18.2 Å². The molecule has 1 aliphatic rings. The van der Waals surface area contributed by atoms with Crippen LogP contribution < -0.4 is 4.72 Å². The molecule has 2 N–H and O–H groups in total. The van der Waals surface area contributed by atoms with Gasteiger partial charge in [0.2, 0.25) is 10.0 Å². The van der Waals surface area contributed by atoms with Gasteiger partial charge in [0, 0.05) is 18.4 Å². The third kappa shape index (κ3) is 5.75. The SMILES string of the molecule is O=S(=O)(CCCO)NCC1CCCCS1. The van der Waals surface area contributed by atoms with E-state index < -0.39 is 10.0 Å². The molecule has 1 saturated heterocycles. The average molecular weight is 253 g/mol. The molecular formula is C9H19NO3S2. The smallest absolute Gasteiger partial charge is 0.211 e. The molecule has 0 amide bonds. The molecule has 0 aromatic rings. The van der Waals surface area contributed by atoms with E-state index in [9.17, 15) is 8.42 Å². The number of sulfonamides is 1. The van der Waals surface area contributed by atoms with Crippen LogP contribution in [0.15, 0.2) is 0 Å². The van der Waals surface area contributed by atoms with Gasteiger partial charge in [-0.1, -0.05) is 6.42 Å². The normalized spacial score (nSPS) is 22.9. The summed E-state index contributed by atoms with van der Waals surface area (Å²) >= 11 is 1.85. The van der Waals surface area contributed by atoms with Gasteiger partial charge in [0.05, 0.1) is 5.75 Å². The van der Waals surface area contributed by atoms with Crippen LogP contribution in [0.3, 0.4) is 0 Å². The topological polar surface area (TPSA) is 66.4 Å². The molecule has 0 aliphatic carbocycles. The predicted octanol–water partition coefficient (Wildman–Crippen LogP) is 0.574. The lowest BCUT2D eigenvalue weighted by molar-refractivity contribution is 0.295. The molecule has 0 saturated carbocycles. The van der Waals surface area contributed by atoms with Crippen molar-refractivity contribution in [1.82, 2.24) is 4.72 Å². The van der Waals surface area contributed by atoms with Crippen LogP contribution in [0.25, 0.3) is 0 Å². The minimum Gasteiger partial charge on any atom is -0.396 e. The molecule has 1 rings (SSSR count). The van der Waals surface area contributed by atoms with E-state index in [2.05, 4.69) is 4.72 Å². The molecule has 0 aromatic heterocycles. The second-order valence-electron chi connectivity index (χ2n) is 3.73. The highest BCUT2D eigenvalue weighted by Gasteiger charge is 2.17. The minimum atomic E-state index is -3.17. The van der Waals surface area contributed by atoms with E-state index in [1.54, 1.807) is 0 Å². The monoisotopic (exact) mass is 253 g/mol. The van der Waals surface area contributed by atoms with Crippen LogP contribution in [0.2, 0.25) is 0 Å². The van der Waals surface area contributed by atoms with Crippen molar-refractivity contribution >= 4 is 21.8 Å². The van der Waals surface area contributed by atoms with E-state index in [0.717, 1.165) is 12.2 Å². The van der Waals surface area contributed by atoms with E-state index >= 15 is 0 Å². The number of nitrogens with one attached hydrogen (secondary N) is 1. The number of thioether (sulfide) groups is 1. The third-order valence-corrected chi connectivity index (χ3v) is 5.21. The number of rotatable bonds is 6. The summed E-state index contributed by atoms with van der Waals surface area (Å²) in [5.74, 6) is 1.17. The Balaban J connectivity index is 2.22. The summed E-state index contributed by atoms with van der Waals surface area (Å²) in [6, 6.07) is 0. The van der Waals surface area contributed by atoms with Crippen LogP contribution in [0.5, 0.6) is 0 Å². The summed E-state index contributed by atoms with van der Waals surface area (Å²) in [6.45, 7) is 0.470. The maximum absolute atomic E-state index is 11.4.